The van der Waals surface area contributed by atoms with Gasteiger partial charge in [0.1, 0.15) is 7.85 Å². The summed E-state index contributed by atoms with van der Waals surface area (Å²) in [6.07, 6.45) is 1.87. The first kappa shape index (κ1) is 8.31. The number of hydrogen-bond donors (Lipinski definition) is 0. The standard InChI is InChI=1S/C9H14BN/c1-9(2,3)8-6-7(10)4-5-11-8/h4-6H,10H2,1-3H3. The van der Waals surface area contributed by atoms with Crippen LogP contribution < -0.4 is 5.46 Å². The minimum Gasteiger partial charge on any atom is -0.261 e. The van der Waals surface area contributed by atoms with Crippen LogP contribution in [-0.2, 0) is 5.41 Å². The SMILES string of the molecule is Bc1ccnc(C(C)(C)C)c1. The minimum atomic E-state index is 0.173. The molecule has 0 atom stereocenters. The van der Waals surface area contributed by atoms with Crippen LogP contribution in [0.1, 0.15) is 26.5 Å². The van der Waals surface area contributed by atoms with Crippen LogP contribution in [0.3, 0.4) is 0 Å². The van der Waals surface area contributed by atoms with E-state index in [1.807, 2.05) is 12.3 Å². The fourth-order valence-corrected chi connectivity index (χ4v) is 0.946. The third kappa shape index (κ3) is 2.07. The van der Waals surface area contributed by atoms with Crippen LogP contribution in [0.15, 0.2) is 18.3 Å². The Labute approximate surface area is 69.3 Å². The lowest BCUT2D eigenvalue weighted by molar-refractivity contribution is 0.569. The van der Waals surface area contributed by atoms with Crippen LogP contribution in [0.4, 0.5) is 0 Å². The Hall–Kier alpha value is -0.785. The van der Waals surface area contributed by atoms with Gasteiger partial charge >= 0.3 is 0 Å². The molecule has 1 aromatic rings. The maximum absolute atomic E-state index is 4.31. The molecule has 0 radical (unpaired) electrons. The van der Waals surface area contributed by atoms with Crippen molar-refractivity contribution in [1.29, 1.82) is 0 Å². The summed E-state index contributed by atoms with van der Waals surface area (Å²) in [6.45, 7) is 6.53. The highest BCUT2D eigenvalue weighted by Crippen LogP contribution is 2.17. The van der Waals surface area contributed by atoms with Crippen molar-refractivity contribution in [3.8, 4) is 0 Å². The van der Waals surface area contributed by atoms with Crippen molar-refractivity contribution >= 4 is 13.3 Å². The summed E-state index contributed by atoms with van der Waals surface area (Å²) < 4.78 is 0. The second-order valence-electron chi connectivity index (χ2n) is 3.97. The molecule has 0 aliphatic rings. The van der Waals surface area contributed by atoms with Gasteiger partial charge in [-0.2, -0.15) is 0 Å². The van der Waals surface area contributed by atoms with Gasteiger partial charge in [0.05, 0.1) is 0 Å². The van der Waals surface area contributed by atoms with Crippen LogP contribution >= 0.6 is 0 Å². The van der Waals surface area contributed by atoms with E-state index in [9.17, 15) is 0 Å². The Morgan fingerprint density at radius 2 is 2.00 bits per heavy atom. The molecule has 0 aromatic carbocycles. The first-order valence-electron chi connectivity index (χ1n) is 3.93. The number of nitrogens with zero attached hydrogens (tertiary/aromatic N) is 1. The minimum absolute atomic E-state index is 0.173. The third-order valence-corrected chi connectivity index (χ3v) is 1.68. The van der Waals surface area contributed by atoms with Gasteiger partial charge in [-0.25, -0.2) is 0 Å². The summed E-state index contributed by atoms with van der Waals surface area (Å²) in [5, 5.41) is 0. The van der Waals surface area contributed by atoms with Crippen molar-refractivity contribution < 1.29 is 0 Å². The fourth-order valence-electron chi connectivity index (χ4n) is 0.946. The normalized spacial score (nSPS) is 11.5. The van der Waals surface area contributed by atoms with E-state index in [0.29, 0.717) is 0 Å². The molecule has 2 heteroatoms. The zero-order valence-corrected chi connectivity index (χ0v) is 7.68. The largest absolute Gasteiger partial charge is 0.261 e. The number of pyridine rings is 1. The molecule has 0 saturated heterocycles. The van der Waals surface area contributed by atoms with Gasteiger partial charge in [0.2, 0.25) is 0 Å². The van der Waals surface area contributed by atoms with Gasteiger partial charge in [-0.3, -0.25) is 4.98 Å². The van der Waals surface area contributed by atoms with Crippen molar-refractivity contribution in [1.82, 2.24) is 4.98 Å². The highest BCUT2D eigenvalue weighted by molar-refractivity contribution is 6.32. The van der Waals surface area contributed by atoms with Crippen LogP contribution in [0, 0.1) is 0 Å². The second kappa shape index (κ2) is 2.69. The van der Waals surface area contributed by atoms with Gasteiger partial charge < -0.3 is 0 Å². The summed E-state index contributed by atoms with van der Waals surface area (Å²) in [4.78, 5) is 4.31. The first-order valence-corrected chi connectivity index (χ1v) is 3.93. The molecule has 0 amide bonds. The lowest BCUT2D eigenvalue weighted by Crippen LogP contribution is -2.16. The zero-order valence-electron chi connectivity index (χ0n) is 7.68. The van der Waals surface area contributed by atoms with E-state index in [-0.39, 0.29) is 5.41 Å². The summed E-state index contributed by atoms with van der Waals surface area (Å²) in [5.41, 5.74) is 2.62. The predicted octanol–water partition coefficient (Wildman–Crippen LogP) is 0.637. The van der Waals surface area contributed by atoms with Crippen molar-refractivity contribution in [2.45, 2.75) is 26.2 Å². The highest BCUT2D eigenvalue weighted by atomic mass is 14.7. The molecule has 11 heavy (non-hydrogen) atoms. The highest BCUT2D eigenvalue weighted by Gasteiger charge is 2.14. The Balaban J connectivity index is 3.06. The Morgan fingerprint density at radius 3 is 2.36 bits per heavy atom. The van der Waals surface area contributed by atoms with E-state index in [4.69, 9.17) is 0 Å². The maximum atomic E-state index is 4.31. The number of aromatic nitrogens is 1. The van der Waals surface area contributed by atoms with Crippen molar-refractivity contribution in [3.05, 3.63) is 24.0 Å². The third-order valence-electron chi connectivity index (χ3n) is 1.68. The quantitative estimate of drug-likeness (QED) is 0.490. The van der Waals surface area contributed by atoms with Crippen molar-refractivity contribution in [2.75, 3.05) is 0 Å². The molecule has 0 saturated carbocycles. The van der Waals surface area contributed by atoms with Crippen molar-refractivity contribution in [3.63, 3.8) is 0 Å². The molecule has 0 unspecified atom stereocenters. The topological polar surface area (TPSA) is 12.9 Å². The van der Waals surface area contributed by atoms with Crippen LogP contribution in [0.2, 0.25) is 0 Å². The Kier molecular flexibility index (Phi) is 2.03. The lowest BCUT2D eigenvalue weighted by atomic mass is 9.87. The number of hydrogen-bond acceptors (Lipinski definition) is 1. The summed E-state index contributed by atoms with van der Waals surface area (Å²) >= 11 is 0. The monoisotopic (exact) mass is 147 g/mol. The molecule has 1 nitrogen and oxygen atoms in total. The van der Waals surface area contributed by atoms with Crippen molar-refractivity contribution in [2.24, 2.45) is 0 Å². The predicted molar refractivity (Wildman–Crippen MR) is 51.1 cm³/mol. The first-order chi connectivity index (χ1) is 5.00. The smallest absolute Gasteiger partial charge is 0.139 e. The summed E-state index contributed by atoms with van der Waals surface area (Å²) in [5.74, 6) is 0. The molecule has 0 fully saturated rings. The fraction of sp³-hybridized carbons (Fsp3) is 0.444. The van der Waals surface area contributed by atoms with Crippen LogP contribution in [0.25, 0.3) is 0 Å². The van der Waals surface area contributed by atoms with Gasteiger partial charge in [0.25, 0.3) is 0 Å². The van der Waals surface area contributed by atoms with E-state index in [1.165, 1.54) is 5.46 Å². The van der Waals surface area contributed by atoms with E-state index in [1.54, 1.807) is 0 Å². The maximum Gasteiger partial charge on any atom is 0.139 e. The van der Waals surface area contributed by atoms with Gasteiger partial charge in [-0.1, -0.05) is 32.3 Å². The molecule has 0 N–H and O–H groups in total. The summed E-state index contributed by atoms with van der Waals surface area (Å²) in [6, 6.07) is 4.16. The molecule has 1 aromatic heterocycles. The average Bonchev–Trinajstić information content (AvgIpc) is 1.86. The molecule has 0 aliphatic heterocycles. The second-order valence-corrected chi connectivity index (χ2v) is 3.97. The van der Waals surface area contributed by atoms with E-state index in [2.05, 4.69) is 39.7 Å². The molecular formula is C9H14BN. The average molecular weight is 147 g/mol. The molecule has 0 spiro atoms. The molecule has 1 rings (SSSR count). The Bertz CT molecular complexity index is 250. The van der Waals surface area contributed by atoms with Gasteiger partial charge in [-0.05, 0) is 6.07 Å². The van der Waals surface area contributed by atoms with E-state index >= 15 is 0 Å². The Morgan fingerprint density at radius 1 is 1.36 bits per heavy atom. The van der Waals surface area contributed by atoms with Crippen LogP contribution in [-0.4, -0.2) is 12.8 Å². The van der Waals surface area contributed by atoms with Gasteiger partial charge in [-0.15, -0.1) is 0 Å². The number of rotatable bonds is 0. The molecule has 0 bridgehead atoms. The molecule has 58 valence electrons. The summed E-state index contributed by atoms with van der Waals surface area (Å²) in [7, 11) is 2.09. The van der Waals surface area contributed by atoms with Crippen LogP contribution in [0.5, 0.6) is 0 Å². The van der Waals surface area contributed by atoms with Gasteiger partial charge in [0.15, 0.2) is 0 Å². The van der Waals surface area contributed by atoms with E-state index in [0.717, 1.165) is 5.69 Å². The molecular weight excluding hydrogens is 133 g/mol. The van der Waals surface area contributed by atoms with E-state index < -0.39 is 0 Å². The lowest BCUT2D eigenvalue weighted by Gasteiger charge is -2.17. The zero-order chi connectivity index (χ0) is 8.48. The molecule has 1 heterocycles. The van der Waals surface area contributed by atoms with Gasteiger partial charge in [0, 0.05) is 17.3 Å². The molecule has 0 aliphatic carbocycles.